The highest BCUT2D eigenvalue weighted by Gasteiger charge is 2.48. The number of alkyl halides is 8. The molecule has 0 spiro atoms. The average Bonchev–Trinajstić information content (AvgIpc) is 2.54. The number of aliphatic hydroxyl groups excluding tert-OH is 1. The van der Waals surface area contributed by atoms with E-state index in [1.165, 1.54) is 0 Å². The summed E-state index contributed by atoms with van der Waals surface area (Å²) in [7, 11) is 0. The molecule has 1 aliphatic rings. The number of hydrogen-bond donors (Lipinski definition) is 2. The Labute approximate surface area is 143 Å². The molecule has 3 nitrogen and oxygen atoms in total. The van der Waals surface area contributed by atoms with E-state index in [1.807, 2.05) is 0 Å². The van der Waals surface area contributed by atoms with E-state index in [9.17, 15) is 35.1 Å². The van der Waals surface area contributed by atoms with E-state index < -0.39 is 47.6 Å². The van der Waals surface area contributed by atoms with Crippen LogP contribution in [-0.4, -0.2) is 48.7 Å². The van der Waals surface area contributed by atoms with Crippen LogP contribution in [0.15, 0.2) is 18.2 Å². The van der Waals surface area contributed by atoms with E-state index in [0.29, 0.717) is 12.1 Å². The van der Waals surface area contributed by atoms with Gasteiger partial charge in [-0.05, 0) is 17.7 Å². The van der Waals surface area contributed by atoms with Crippen LogP contribution in [0.1, 0.15) is 22.7 Å². The molecule has 1 atom stereocenters. The largest absolute Gasteiger partial charge is 0.416 e. The van der Waals surface area contributed by atoms with E-state index in [-0.39, 0.29) is 32.2 Å². The van der Waals surface area contributed by atoms with Crippen LogP contribution in [-0.2, 0) is 12.4 Å². The lowest BCUT2D eigenvalue weighted by atomic mass is 9.91. The van der Waals surface area contributed by atoms with Crippen molar-refractivity contribution >= 4 is 0 Å². The van der Waals surface area contributed by atoms with Crippen molar-refractivity contribution in [1.82, 2.24) is 10.2 Å². The number of halogens is 8. The minimum absolute atomic E-state index is 0.0431. The Balaban J connectivity index is 2.63. The molecule has 0 aliphatic carbocycles. The van der Waals surface area contributed by atoms with Gasteiger partial charge >= 0.3 is 12.4 Å². The highest BCUT2D eigenvalue weighted by molar-refractivity contribution is 5.38. The van der Waals surface area contributed by atoms with Gasteiger partial charge in [-0.2, -0.15) is 26.3 Å². The topological polar surface area (TPSA) is 35.5 Å². The van der Waals surface area contributed by atoms with Gasteiger partial charge in [-0.3, -0.25) is 4.90 Å². The van der Waals surface area contributed by atoms with E-state index >= 15 is 0 Å². The molecular formula is C15H16F8N2O. The normalized spacial score (nSPS) is 18.8. The van der Waals surface area contributed by atoms with Gasteiger partial charge in [0.2, 0.25) is 0 Å². The number of nitrogens with one attached hydrogen (secondary N) is 1. The molecule has 0 saturated carbocycles. The molecule has 0 radical (unpaired) electrons. The second-order valence-corrected chi connectivity index (χ2v) is 5.91. The summed E-state index contributed by atoms with van der Waals surface area (Å²) in [6.07, 6.45) is -10.3. The minimum atomic E-state index is -5.27. The Morgan fingerprint density at radius 3 is 2.00 bits per heavy atom. The molecular weight excluding hydrogens is 376 g/mol. The van der Waals surface area contributed by atoms with Gasteiger partial charge < -0.3 is 10.4 Å². The van der Waals surface area contributed by atoms with Crippen molar-refractivity contribution in [2.75, 3.05) is 32.8 Å². The number of nitrogens with zero attached hydrogens (tertiary/aromatic N) is 1. The van der Waals surface area contributed by atoms with Crippen LogP contribution in [0, 0.1) is 0 Å². The van der Waals surface area contributed by atoms with E-state index in [0.717, 1.165) is 4.90 Å². The van der Waals surface area contributed by atoms with Crippen molar-refractivity contribution in [2.24, 2.45) is 0 Å². The Morgan fingerprint density at radius 2 is 1.54 bits per heavy atom. The van der Waals surface area contributed by atoms with E-state index in [1.54, 1.807) is 0 Å². The summed E-state index contributed by atoms with van der Waals surface area (Å²) in [6.45, 7) is -1.38. The third-order valence-electron chi connectivity index (χ3n) is 4.11. The van der Waals surface area contributed by atoms with Crippen molar-refractivity contribution in [3.05, 3.63) is 34.9 Å². The van der Waals surface area contributed by atoms with Gasteiger partial charge in [-0.25, -0.2) is 8.78 Å². The summed E-state index contributed by atoms with van der Waals surface area (Å²) in [5.74, 6) is -3.98. The van der Waals surface area contributed by atoms with Gasteiger partial charge in [0.15, 0.2) is 0 Å². The lowest BCUT2D eigenvalue weighted by Crippen LogP contribution is -2.51. The molecule has 1 fully saturated rings. The van der Waals surface area contributed by atoms with E-state index in [2.05, 4.69) is 5.32 Å². The van der Waals surface area contributed by atoms with Crippen LogP contribution < -0.4 is 5.32 Å². The van der Waals surface area contributed by atoms with Crippen LogP contribution in [0.25, 0.3) is 0 Å². The maximum Gasteiger partial charge on any atom is 0.416 e. The molecule has 1 saturated heterocycles. The van der Waals surface area contributed by atoms with Crippen LogP contribution in [0.2, 0.25) is 0 Å². The first-order valence-corrected chi connectivity index (χ1v) is 7.59. The molecule has 2 rings (SSSR count). The van der Waals surface area contributed by atoms with Crippen LogP contribution in [0.3, 0.4) is 0 Å². The molecule has 11 heteroatoms. The molecule has 148 valence electrons. The standard InChI is InChI=1S/C15H16F8N2O/c16-13(17,8-26)12(25-5-3-24-4-6-25)10-2-1-9(14(18,19)20)7-11(10)15(21,22)23/h1-2,7,12,24,26H,3-6,8H2/t12-/m1/s1. The fourth-order valence-corrected chi connectivity index (χ4v) is 2.93. The fourth-order valence-electron chi connectivity index (χ4n) is 2.93. The Morgan fingerprint density at radius 1 is 0.962 bits per heavy atom. The van der Waals surface area contributed by atoms with Gasteiger partial charge in [-0.15, -0.1) is 0 Å². The van der Waals surface area contributed by atoms with Crippen LogP contribution in [0.5, 0.6) is 0 Å². The zero-order valence-electron chi connectivity index (χ0n) is 13.3. The molecule has 0 aromatic heterocycles. The van der Waals surface area contributed by atoms with Crippen LogP contribution >= 0.6 is 0 Å². The fraction of sp³-hybridized carbons (Fsp3) is 0.600. The first-order valence-electron chi connectivity index (χ1n) is 7.59. The summed E-state index contributed by atoms with van der Waals surface area (Å²) < 4.78 is 107. The molecule has 1 aromatic carbocycles. The number of aliphatic hydroxyl groups is 1. The monoisotopic (exact) mass is 392 g/mol. The Bertz CT molecular complexity index is 623. The maximum atomic E-state index is 14.3. The third kappa shape index (κ3) is 4.44. The summed E-state index contributed by atoms with van der Waals surface area (Å²) in [5.41, 5.74) is -4.37. The Hall–Kier alpha value is -1.46. The zero-order valence-corrected chi connectivity index (χ0v) is 13.3. The molecule has 1 aliphatic heterocycles. The van der Waals surface area contributed by atoms with Crippen molar-refractivity contribution in [2.45, 2.75) is 24.3 Å². The van der Waals surface area contributed by atoms with Crippen LogP contribution in [0.4, 0.5) is 35.1 Å². The molecule has 0 unspecified atom stereocenters. The van der Waals surface area contributed by atoms with Crippen molar-refractivity contribution in [3.8, 4) is 0 Å². The predicted molar refractivity (Wildman–Crippen MR) is 75.7 cm³/mol. The smallest absolute Gasteiger partial charge is 0.390 e. The predicted octanol–water partition coefficient (Wildman–Crippen LogP) is 3.30. The molecule has 26 heavy (non-hydrogen) atoms. The quantitative estimate of drug-likeness (QED) is 0.772. The van der Waals surface area contributed by atoms with Gasteiger partial charge in [-0.1, -0.05) is 6.07 Å². The van der Waals surface area contributed by atoms with Crippen molar-refractivity contribution < 1.29 is 40.2 Å². The molecule has 1 aromatic rings. The SMILES string of the molecule is OCC(F)(F)[C@@H](c1ccc(C(F)(F)F)cc1C(F)(F)F)N1CCNCC1. The summed E-state index contributed by atoms with van der Waals surface area (Å²) in [5, 5.41) is 11.8. The lowest BCUT2D eigenvalue weighted by molar-refractivity contribution is -0.147. The number of piperazine rings is 1. The second-order valence-electron chi connectivity index (χ2n) is 5.91. The van der Waals surface area contributed by atoms with Crippen molar-refractivity contribution in [3.63, 3.8) is 0 Å². The minimum Gasteiger partial charge on any atom is -0.390 e. The first kappa shape index (κ1) is 20.8. The molecule has 1 heterocycles. The maximum absolute atomic E-state index is 14.3. The lowest BCUT2D eigenvalue weighted by Gasteiger charge is -2.39. The molecule has 0 bridgehead atoms. The highest BCUT2D eigenvalue weighted by atomic mass is 19.4. The summed E-state index contributed by atoms with van der Waals surface area (Å²) >= 11 is 0. The van der Waals surface area contributed by atoms with Gasteiger partial charge in [0.05, 0.1) is 11.1 Å². The van der Waals surface area contributed by atoms with Gasteiger partial charge in [0, 0.05) is 26.2 Å². The molecule has 0 amide bonds. The number of hydrogen-bond acceptors (Lipinski definition) is 3. The first-order chi connectivity index (χ1) is 11.9. The highest BCUT2D eigenvalue weighted by Crippen LogP contribution is 2.44. The average molecular weight is 392 g/mol. The third-order valence-corrected chi connectivity index (χ3v) is 4.11. The molecule has 2 N–H and O–H groups in total. The summed E-state index contributed by atoms with van der Waals surface area (Å²) in [4.78, 5) is 1.03. The number of rotatable bonds is 4. The van der Waals surface area contributed by atoms with Gasteiger partial charge in [0.1, 0.15) is 12.6 Å². The van der Waals surface area contributed by atoms with Gasteiger partial charge in [0.25, 0.3) is 5.92 Å². The van der Waals surface area contributed by atoms with Crippen molar-refractivity contribution in [1.29, 1.82) is 0 Å². The zero-order chi connectivity index (χ0) is 19.8. The Kier molecular flexibility index (Phi) is 5.83. The number of benzene rings is 1. The summed E-state index contributed by atoms with van der Waals surface area (Å²) in [6, 6.07) is -1.61. The second kappa shape index (κ2) is 7.28. The van der Waals surface area contributed by atoms with E-state index in [4.69, 9.17) is 5.11 Å².